The molecule has 1 unspecified atom stereocenters. The SMILES string of the molecule is C=C1[C@@H](O)[C@@H]2O[C@]3(CC[C@H](/C=C/[C@@H](C)[C@@H]4CC(C)=C[C@@]5(O[C@H](C[C@@](C)(O)C(=O)O/C=C/CCCCC(O)COC(=O)CCCCCCCCCCCCCCC)CC[C@H]5O)O4)O3)CC[C@H]2O[C@@H]1[C@@H](O)C[C@H](C)[C@H]1O[C@@]2(CCCCO2)CC[C@H]1C. The first-order chi connectivity index (χ1) is 40.3. The van der Waals surface area contributed by atoms with Crippen molar-refractivity contribution in [3.05, 3.63) is 48.3 Å². The Balaban J connectivity index is 0.770. The van der Waals surface area contributed by atoms with Crippen molar-refractivity contribution in [1.29, 1.82) is 0 Å². The highest BCUT2D eigenvalue weighted by atomic mass is 16.7. The highest BCUT2D eigenvalue weighted by Crippen LogP contribution is 2.48. The summed E-state index contributed by atoms with van der Waals surface area (Å²) in [7, 11) is 0. The summed E-state index contributed by atoms with van der Waals surface area (Å²) in [5.74, 6) is -3.69. The Bertz CT molecular complexity index is 2100. The summed E-state index contributed by atoms with van der Waals surface area (Å²) in [5.41, 5.74) is -0.475. The van der Waals surface area contributed by atoms with Gasteiger partial charge < -0.3 is 68.2 Å². The number of unbranched alkanes of at least 4 members (excludes halogenated alkanes) is 14. The van der Waals surface area contributed by atoms with Crippen LogP contribution in [0.3, 0.4) is 0 Å². The number of aliphatic hydroxyl groups excluding tert-OH is 4. The second kappa shape index (κ2) is 33.3. The second-order valence-corrected chi connectivity index (χ2v) is 27.0. The van der Waals surface area contributed by atoms with Crippen LogP contribution in [0.2, 0.25) is 0 Å². The number of allylic oxidation sites excluding steroid dienone is 1. The molecule has 7 rings (SSSR count). The minimum absolute atomic E-state index is 0.00780. The van der Waals surface area contributed by atoms with Crippen LogP contribution < -0.4 is 0 Å². The molecule has 0 aromatic heterocycles. The maximum absolute atomic E-state index is 13.2. The third-order valence-electron chi connectivity index (χ3n) is 19.3. The molecule has 0 aromatic rings. The molecule has 5 N–H and O–H groups in total. The van der Waals surface area contributed by atoms with Crippen molar-refractivity contribution in [3.63, 3.8) is 0 Å². The third kappa shape index (κ3) is 20.0. The highest BCUT2D eigenvalue weighted by Gasteiger charge is 2.55. The van der Waals surface area contributed by atoms with E-state index < -0.39 is 77.8 Å². The quantitative estimate of drug-likeness (QED) is 0.0183. The maximum Gasteiger partial charge on any atom is 0.342 e. The van der Waals surface area contributed by atoms with E-state index in [4.69, 9.17) is 42.6 Å². The summed E-state index contributed by atoms with van der Waals surface area (Å²) >= 11 is 0. The van der Waals surface area contributed by atoms with Crippen molar-refractivity contribution in [2.75, 3.05) is 13.2 Å². The van der Waals surface area contributed by atoms with Crippen LogP contribution in [0.4, 0.5) is 0 Å². The lowest BCUT2D eigenvalue weighted by Crippen LogP contribution is -2.60. The Labute approximate surface area is 504 Å². The molecule has 18 atom stereocenters. The van der Waals surface area contributed by atoms with Gasteiger partial charge in [0.1, 0.15) is 31.0 Å². The average Bonchev–Trinajstić information content (AvgIpc) is 4.04. The standard InChI is InChI=1S/C68H112O16/c1-8-9-10-11-12-13-14-15-16-17-18-19-23-28-59(72)77-46-52(69)27-22-20-21-25-40-76-64(74)65(7,75)45-54-31-32-58(71)68(81-54)44-47(2)42-57(82-68)48(3)29-30-53-34-38-67(80-53)39-35-56-63(84-67)60(73)51(6)62(79-56)55(70)43-50(5)61-49(4)33-37-66(83-61)36-24-26-41-78-66/h25,29-30,40,44,48-50,52-58,60-63,69-71,73,75H,6,8-24,26-28,31-39,41-43,45-46H2,1-5,7H3/b30-29+,40-25+/t48-,49-,50+,52?,53+,54+,55+,56-,57+,58-,60-,61+,62+,63-,65-,66+,67-,68-/m1/s1. The molecule has 7 heterocycles. The highest BCUT2D eigenvalue weighted by molar-refractivity contribution is 5.79. The van der Waals surface area contributed by atoms with Gasteiger partial charge >= 0.3 is 11.9 Å². The van der Waals surface area contributed by atoms with E-state index in [1.165, 1.54) is 77.4 Å². The average molecular weight is 1190 g/mol. The number of ether oxygens (including phenoxy) is 9. The van der Waals surface area contributed by atoms with Gasteiger partial charge in [-0.2, -0.15) is 0 Å². The van der Waals surface area contributed by atoms with Gasteiger partial charge in [-0.25, -0.2) is 4.79 Å². The van der Waals surface area contributed by atoms with Crippen molar-refractivity contribution in [2.24, 2.45) is 17.8 Å². The molecule has 0 bridgehead atoms. The molecule has 7 aliphatic rings. The van der Waals surface area contributed by atoms with E-state index in [1.54, 1.807) is 6.08 Å². The number of aliphatic hydroxyl groups is 5. The monoisotopic (exact) mass is 1180 g/mol. The van der Waals surface area contributed by atoms with Gasteiger partial charge in [-0.05, 0) is 127 Å². The lowest BCUT2D eigenvalue weighted by Gasteiger charge is -2.50. The van der Waals surface area contributed by atoms with Crippen molar-refractivity contribution in [1.82, 2.24) is 0 Å². The molecule has 6 fully saturated rings. The summed E-state index contributed by atoms with van der Waals surface area (Å²) < 4.78 is 56.6. The molecule has 0 amide bonds. The molecule has 0 radical (unpaired) electrons. The fourth-order valence-electron chi connectivity index (χ4n) is 14.1. The number of fused-ring (bicyclic) bond motifs is 1. The van der Waals surface area contributed by atoms with E-state index in [9.17, 15) is 35.1 Å². The first-order valence-corrected chi connectivity index (χ1v) is 33.5. The van der Waals surface area contributed by atoms with E-state index in [2.05, 4.69) is 40.3 Å². The largest absolute Gasteiger partial charge is 0.463 e. The molecular weight excluding hydrogens is 1070 g/mol. The number of esters is 2. The Morgan fingerprint density at radius 1 is 0.833 bits per heavy atom. The molecule has 84 heavy (non-hydrogen) atoms. The Morgan fingerprint density at radius 2 is 1.54 bits per heavy atom. The van der Waals surface area contributed by atoms with E-state index >= 15 is 0 Å². The van der Waals surface area contributed by atoms with Crippen LogP contribution in [-0.2, 0) is 52.2 Å². The number of hydrogen-bond acceptors (Lipinski definition) is 16. The molecule has 0 aliphatic carbocycles. The number of hydrogen-bond donors (Lipinski definition) is 5. The molecule has 480 valence electrons. The molecule has 6 saturated heterocycles. The van der Waals surface area contributed by atoms with Crippen LogP contribution >= 0.6 is 0 Å². The fourth-order valence-corrected chi connectivity index (χ4v) is 14.1. The normalized spacial score (nSPS) is 35.0. The third-order valence-corrected chi connectivity index (χ3v) is 19.3. The van der Waals surface area contributed by atoms with Gasteiger partial charge in [0.25, 0.3) is 0 Å². The summed E-state index contributed by atoms with van der Waals surface area (Å²) in [6.45, 7) is 17.0. The lowest BCUT2D eigenvalue weighted by molar-refractivity contribution is -0.321. The first kappa shape index (κ1) is 68.9. The zero-order chi connectivity index (χ0) is 60.3. The van der Waals surface area contributed by atoms with Crippen LogP contribution in [-0.4, -0.2) is 141 Å². The predicted molar refractivity (Wildman–Crippen MR) is 321 cm³/mol. The summed E-state index contributed by atoms with van der Waals surface area (Å²) in [4.78, 5) is 25.4. The molecule has 0 saturated carbocycles. The van der Waals surface area contributed by atoms with E-state index in [1.807, 2.05) is 19.1 Å². The maximum atomic E-state index is 13.2. The summed E-state index contributed by atoms with van der Waals surface area (Å²) in [6.07, 6.45) is 30.6. The van der Waals surface area contributed by atoms with Gasteiger partial charge in [0, 0.05) is 44.4 Å². The topological polar surface area (TPSA) is 218 Å². The smallest absolute Gasteiger partial charge is 0.342 e. The second-order valence-electron chi connectivity index (χ2n) is 27.0. The number of carbonyl (C=O) groups is 2. The van der Waals surface area contributed by atoms with Gasteiger partial charge in [-0.15, -0.1) is 0 Å². The van der Waals surface area contributed by atoms with E-state index in [0.29, 0.717) is 88.5 Å². The van der Waals surface area contributed by atoms with Crippen LogP contribution in [0.25, 0.3) is 0 Å². The van der Waals surface area contributed by atoms with E-state index in [0.717, 1.165) is 70.0 Å². The van der Waals surface area contributed by atoms with Crippen LogP contribution in [0, 0.1) is 17.8 Å². The van der Waals surface area contributed by atoms with Gasteiger partial charge in [-0.1, -0.05) is 135 Å². The minimum atomic E-state index is -1.88. The molecule has 16 heteroatoms. The minimum Gasteiger partial charge on any atom is -0.463 e. The van der Waals surface area contributed by atoms with Crippen LogP contribution in [0.15, 0.2) is 48.3 Å². The number of carbonyl (C=O) groups excluding carboxylic acids is 2. The molecule has 7 aliphatic heterocycles. The molecule has 3 spiro atoms. The van der Waals surface area contributed by atoms with Gasteiger partial charge in [0.2, 0.25) is 5.79 Å². The van der Waals surface area contributed by atoms with Gasteiger partial charge in [0.05, 0.1) is 55.6 Å². The van der Waals surface area contributed by atoms with Gasteiger partial charge in [0.15, 0.2) is 17.2 Å². The molecule has 0 aromatic carbocycles. The lowest BCUT2D eigenvalue weighted by atomic mass is 9.79. The van der Waals surface area contributed by atoms with Crippen molar-refractivity contribution in [2.45, 2.75) is 337 Å². The number of rotatable bonds is 32. The predicted octanol–water partition coefficient (Wildman–Crippen LogP) is 12.1. The molecule has 16 nitrogen and oxygen atoms in total. The van der Waals surface area contributed by atoms with Crippen molar-refractivity contribution >= 4 is 11.9 Å². The van der Waals surface area contributed by atoms with Crippen molar-refractivity contribution in [3.8, 4) is 0 Å². The molecular formula is C68H112O16. The summed E-state index contributed by atoms with van der Waals surface area (Å²) in [5, 5.41) is 56.5. The first-order valence-electron chi connectivity index (χ1n) is 33.5. The zero-order valence-electron chi connectivity index (χ0n) is 52.4. The van der Waals surface area contributed by atoms with Crippen LogP contribution in [0.1, 0.15) is 247 Å². The fraction of sp³-hybridized carbons (Fsp3) is 0.853. The zero-order valence-corrected chi connectivity index (χ0v) is 52.4. The van der Waals surface area contributed by atoms with Crippen LogP contribution in [0.5, 0.6) is 0 Å². The summed E-state index contributed by atoms with van der Waals surface area (Å²) in [6, 6.07) is 0. The Kier molecular flexibility index (Phi) is 27.3. The van der Waals surface area contributed by atoms with E-state index in [-0.39, 0.29) is 49.1 Å². The Hall–Kier alpha value is -2.58. The Morgan fingerprint density at radius 3 is 2.25 bits per heavy atom. The van der Waals surface area contributed by atoms with Gasteiger partial charge in [-0.3, -0.25) is 4.79 Å². The van der Waals surface area contributed by atoms with Crippen molar-refractivity contribution < 1.29 is 77.8 Å².